The van der Waals surface area contributed by atoms with Crippen LogP contribution in [0.3, 0.4) is 0 Å². The van der Waals surface area contributed by atoms with Crippen LogP contribution in [0.1, 0.15) is 25.7 Å². The van der Waals surface area contributed by atoms with Gasteiger partial charge >= 0.3 is 0 Å². The molecule has 0 N–H and O–H groups in total. The minimum atomic E-state index is 0. The molecule has 0 aliphatic carbocycles. The van der Waals surface area contributed by atoms with Crippen molar-refractivity contribution >= 4 is 67.4 Å². The Kier molecular flexibility index (Phi) is 7.00. The number of hydrogen-bond acceptors (Lipinski definition) is 3. The second-order valence-electron chi connectivity index (χ2n) is 6.90. The molecule has 2 nitrogen and oxygen atoms in total. The lowest BCUT2D eigenvalue weighted by Gasteiger charge is -2.37. The Bertz CT molecular complexity index is 735. The lowest BCUT2D eigenvalue weighted by molar-refractivity contribution is 0.178. The molecule has 4 rings (SSSR count). The number of fused-ring (bicyclic) bond motifs is 2. The van der Waals surface area contributed by atoms with E-state index in [-0.39, 0.29) is 12.4 Å². The highest BCUT2D eigenvalue weighted by atomic mass is 79.9. The van der Waals surface area contributed by atoms with Crippen molar-refractivity contribution < 1.29 is 0 Å². The smallest absolute Gasteiger partial charge is 0.0553 e. The van der Waals surface area contributed by atoms with Gasteiger partial charge in [0, 0.05) is 31.3 Å². The van der Waals surface area contributed by atoms with Crippen molar-refractivity contribution in [3.05, 3.63) is 45.3 Å². The quantitative estimate of drug-likeness (QED) is 0.428. The Morgan fingerprint density at radius 1 is 1.00 bits per heavy atom. The Balaban J connectivity index is 0.00000196. The van der Waals surface area contributed by atoms with Crippen molar-refractivity contribution in [3.63, 3.8) is 0 Å². The van der Waals surface area contributed by atoms with Gasteiger partial charge in [-0.25, -0.2) is 0 Å². The van der Waals surface area contributed by atoms with Crippen LogP contribution in [-0.4, -0.2) is 31.1 Å². The van der Waals surface area contributed by atoms with Crippen molar-refractivity contribution in [2.45, 2.75) is 41.5 Å². The van der Waals surface area contributed by atoms with Crippen molar-refractivity contribution in [1.29, 1.82) is 0 Å². The molecule has 0 radical (unpaired) electrons. The van der Waals surface area contributed by atoms with Crippen LogP contribution in [0.15, 0.2) is 55.1 Å². The minimum absolute atomic E-state index is 0. The molecule has 1 unspecified atom stereocenters. The van der Waals surface area contributed by atoms with Gasteiger partial charge in [-0.1, -0.05) is 50.0 Å². The van der Waals surface area contributed by atoms with Crippen molar-refractivity contribution in [2.75, 3.05) is 25.0 Å². The predicted octanol–water partition coefficient (Wildman–Crippen LogP) is 7.11. The SMILES string of the molecule is CN1CCCCC1CCN1c2ccc(Br)cc2Sc2cc(Br)ccc21.Cl. The summed E-state index contributed by atoms with van der Waals surface area (Å²) in [4.78, 5) is 7.73. The van der Waals surface area contributed by atoms with Crippen LogP contribution in [0.2, 0.25) is 0 Å². The Hall–Kier alpha value is -0.200. The fraction of sp³-hybridized carbons (Fsp3) is 0.400. The summed E-state index contributed by atoms with van der Waals surface area (Å²) in [5.74, 6) is 0. The molecule has 1 atom stereocenters. The van der Waals surface area contributed by atoms with E-state index in [2.05, 4.69) is 85.1 Å². The largest absolute Gasteiger partial charge is 0.340 e. The predicted molar refractivity (Wildman–Crippen MR) is 122 cm³/mol. The summed E-state index contributed by atoms with van der Waals surface area (Å²) < 4.78 is 2.29. The highest BCUT2D eigenvalue weighted by molar-refractivity contribution is 9.10. The fourth-order valence-corrected chi connectivity index (χ4v) is 6.06. The highest BCUT2D eigenvalue weighted by Crippen LogP contribution is 2.49. The molecule has 2 aliphatic rings. The van der Waals surface area contributed by atoms with Crippen LogP contribution >= 0.6 is 56.0 Å². The lowest BCUT2D eigenvalue weighted by atomic mass is 9.99. The van der Waals surface area contributed by atoms with E-state index >= 15 is 0 Å². The van der Waals surface area contributed by atoms with Crippen LogP contribution in [0.4, 0.5) is 11.4 Å². The van der Waals surface area contributed by atoms with Crippen LogP contribution in [0.5, 0.6) is 0 Å². The van der Waals surface area contributed by atoms with Gasteiger partial charge in [-0.2, -0.15) is 0 Å². The van der Waals surface area contributed by atoms with Crippen molar-refractivity contribution in [3.8, 4) is 0 Å². The first kappa shape index (κ1) is 20.5. The molecule has 0 amide bonds. The van der Waals surface area contributed by atoms with E-state index in [0.717, 1.165) is 15.5 Å². The molecule has 0 saturated carbocycles. The molecule has 0 bridgehead atoms. The topological polar surface area (TPSA) is 6.48 Å². The maximum absolute atomic E-state index is 3.63. The summed E-state index contributed by atoms with van der Waals surface area (Å²) in [7, 11) is 2.28. The maximum atomic E-state index is 3.63. The van der Waals surface area contributed by atoms with Gasteiger partial charge in [0.15, 0.2) is 0 Å². The molecule has 140 valence electrons. The molecule has 2 aromatic rings. The summed E-state index contributed by atoms with van der Waals surface area (Å²) in [6, 6.07) is 14.0. The number of likely N-dealkylation sites (tertiary alicyclic amines) is 1. The highest BCUT2D eigenvalue weighted by Gasteiger charge is 2.26. The van der Waals surface area contributed by atoms with Gasteiger partial charge in [0.1, 0.15) is 0 Å². The van der Waals surface area contributed by atoms with Gasteiger partial charge < -0.3 is 9.80 Å². The molecule has 2 heterocycles. The molecule has 6 heteroatoms. The lowest BCUT2D eigenvalue weighted by Crippen LogP contribution is -2.38. The molecule has 2 aromatic carbocycles. The van der Waals surface area contributed by atoms with E-state index in [1.165, 1.54) is 53.4 Å². The van der Waals surface area contributed by atoms with Crippen LogP contribution in [0.25, 0.3) is 0 Å². The summed E-state index contributed by atoms with van der Waals surface area (Å²) in [6.07, 6.45) is 5.27. The van der Waals surface area contributed by atoms with E-state index in [4.69, 9.17) is 0 Å². The Morgan fingerprint density at radius 2 is 1.62 bits per heavy atom. The van der Waals surface area contributed by atoms with Crippen LogP contribution < -0.4 is 4.90 Å². The zero-order chi connectivity index (χ0) is 17.4. The average Bonchev–Trinajstić information content (AvgIpc) is 2.59. The first-order chi connectivity index (χ1) is 12.1. The third-order valence-corrected chi connectivity index (χ3v) is 7.33. The number of hydrogen-bond donors (Lipinski definition) is 0. The number of nitrogens with zero attached hydrogens (tertiary/aromatic N) is 2. The summed E-state index contributed by atoms with van der Waals surface area (Å²) in [5.41, 5.74) is 2.67. The zero-order valence-electron chi connectivity index (χ0n) is 14.8. The van der Waals surface area contributed by atoms with Gasteiger partial charge in [-0.15, -0.1) is 12.4 Å². The van der Waals surface area contributed by atoms with Crippen molar-refractivity contribution in [2.24, 2.45) is 0 Å². The summed E-state index contributed by atoms with van der Waals surface area (Å²) in [5, 5.41) is 0. The van der Waals surface area contributed by atoms with Crippen LogP contribution in [0, 0.1) is 0 Å². The fourth-order valence-electron chi connectivity index (χ4n) is 3.86. The Morgan fingerprint density at radius 3 is 2.19 bits per heavy atom. The molecule has 1 saturated heterocycles. The first-order valence-electron chi connectivity index (χ1n) is 8.86. The minimum Gasteiger partial charge on any atom is -0.340 e. The van der Waals surface area contributed by atoms with Gasteiger partial charge in [0.05, 0.1) is 11.4 Å². The molecule has 0 aromatic heterocycles. The van der Waals surface area contributed by atoms with E-state index < -0.39 is 0 Å². The van der Waals surface area contributed by atoms with Gasteiger partial charge in [0.25, 0.3) is 0 Å². The molecular formula is C20H23Br2ClN2S. The third kappa shape index (κ3) is 4.27. The standard InChI is InChI=1S/C20H22Br2N2S.ClH/c1-23-10-3-2-4-16(23)9-11-24-17-7-5-14(21)12-19(17)25-20-13-15(22)6-8-18(20)24;/h5-8,12-13,16H,2-4,9-11H2,1H3;1H. The van der Waals surface area contributed by atoms with Crippen molar-refractivity contribution in [1.82, 2.24) is 4.90 Å². The molecule has 0 spiro atoms. The average molecular weight is 519 g/mol. The van der Waals surface area contributed by atoms with Gasteiger partial charge in [-0.05, 0) is 69.3 Å². The van der Waals surface area contributed by atoms with E-state index in [1.54, 1.807) is 0 Å². The monoisotopic (exact) mass is 516 g/mol. The van der Waals surface area contributed by atoms with Crippen LogP contribution in [-0.2, 0) is 0 Å². The number of halogens is 3. The number of anilines is 2. The van der Waals surface area contributed by atoms with Gasteiger partial charge in [0.2, 0.25) is 0 Å². The van der Waals surface area contributed by atoms with E-state index in [1.807, 2.05) is 11.8 Å². The third-order valence-electron chi connectivity index (χ3n) is 5.25. The summed E-state index contributed by atoms with van der Waals surface area (Å²) >= 11 is 9.12. The zero-order valence-corrected chi connectivity index (χ0v) is 19.6. The normalized spacial score (nSPS) is 19.5. The second-order valence-corrected chi connectivity index (χ2v) is 9.81. The molecular weight excluding hydrogens is 496 g/mol. The van der Waals surface area contributed by atoms with E-state index in [0.29, 0.717) is 6.04 Å². The molecule has 1 fully saturated rings. The number of piperidine rings is 1. The van der Waals surface area contributed by atoms with E-state index in [9.17, 15) is 0 Å². The molecule has 2 aliphatic heterocycles. The first-order valence-corrected chi connectivity index (χ1v) is 11.3. The summed E-state index contributed by atoms with van der Waals surface area (Å²) in [6.45, 7) is 2.31. The van der Waals surface area contributed by atoms with Gasteiger partial charge in [-0.3, -0.25) is 0 Å². The maximum Gasteiger partial charge on any atom is 0.0553 e. The number of rotatable bonds is 3. The second kappa shape index (κ2) is 8.87. The number of benzene rings is 2. The molecule has 26 heavy (non-hydrogen) atoms. The Labute approximate surface area is 183 Å².